The second-order valence-electron chi connectivity index (χ2n) is 4.31. The zero-order valence-electron chi connectivity index (χ0n) is 10.9. The van der Waals surface area contributed by atoms with Crippen LogP contribution >= 0.6 is 11.6 Å². The number of hydrogen-bond donors (Lipinski definition) is 2. The van der Waals surface area contributed by atoms with E-state index in [-0.39, 0.29) is 11.9 Å². The average molecular weight is 271 g/mol. The molecule has 0 radical (unpaired) electrons. The Bertz CT molecular complexity index is 421. The van der Waals surface area contributed by atoms with Crippen molar-refractivity contribution in [2.45, 2.75) is 32.4 Å². The molecular weight excluding hydrogens is 252 g/mol. The van der Waals surface area contributed by atoms with Crippen LogP contribution in [0.5, 0.6) is 5.75 Å². The van der Waals surface area contributed by atoms with Gasteiger partial charge in [-0.3, -0.25) is 4.79 Å². The Morgan fingerprint density at radius 1 is 1.50 bits per heavy atom. The molecule has 0 bridgehead atoms. The van der Waals surface area contributed by atoms with Gasteiger partial charge >= 0.3 is 0 Å². The molecule has 0 fully saturated rings. The molecule has 4 nitrogen and oxygen atoms in total. The van der Waals surface area contributed by atoms with E-state index in [1.165, 1.54) is 0 Å². The third-order valence-electron chi connectivity index (χ3n) is 2.48. The third kappa shape index (κ3) is 4.20. The second-order valence-corrected chi connectivity index (χ2v) is 4.74. The lowest BCUT2D eigenvalue weighted by molar-refractivity contribution is -0.126. The number of ether oxygens (including phenoxy) is 1. The smallest absolute Gasteiger partial charge is 0.260 e. The highest BCUT2D eigenvalue weighted by atomic mass is 35.5. The van der Waals surface area contributed by atoms with Gasteiger partial charge in [0, 0.05) is 18.1 Å². The highest BCUT2D eigenvalue weighted by Gasteiger charge is 2.15. The largest absolute Gasteiger partial charge is 0.481 e. The molecule has 0 saturated carbocycles. The fourth-order valence-corrected chi connectivity index (χ4v) is 1.81. The lowest BCUT2D eigenvalue weighted by atomic mass is 10.1. The van der Waals surface area contributed by atoms with E-state index in [0.717, 1.165) is 5.56 Å². The van der Waals surface area contributed by atoms with Crippen LogP contribution in [0.3, 0.4) is 0 Å². The predicted octanol–water partition coefficient (Wildman–Crippen LogP) is 1.74. The van der Waals surface area contributed by atoms with Gasteiger partial charge in [-0.15, -0.1) is 0 Å². The average Bonchev–Trinajstić information content (AvgIpc) is 2.30. The van der Waals surface area contributed by atoms with Gasteiger partial charge in [-0.05, 0) is 44.0 Å². The van der Waals surface area contributed by atoms with Crippen LogP contribution in [0.2, 0.25) is 5.02 Å². The van der Waals surface area contributed by atoms with Crippen molar-refractivity contribution in [2.75, 3.05) is 7.05 Å². The van der Waals surface area contributed by atoms with Crippen LogP contribution in [-0.2, 0) is 11.2 Å². The summed E-state index contributed by atoms with van der Waals surface area (Å²) in [6.45, 7) is 3.61. The zero-order valence-corrected chi connectivity index (χ0v) is 11.6. The van der Waals surface area contributed by atoms with E-state index < -0.39 is 6.10 Å². The standard InChI is InChI=1S/C13H19ClN2O2/c1-8(15)6-10-7-11(14)4-5-12(10)18-9(2)13(17)16-3/h4-5,7-9H,6,15H2,1-3H3,(H,16,17). The number of carbonyl (C=O) groups is 1. The van der Waals surface area contributed by atoms with Crippen molar-refractivity contribution in [3.05, 3.63) is 28.8 Å². The van der Waals surface area contributed by atoms with Crippen LogP contribution in [0, 0.1) is 0 Å². The van der Waals surface area contributed by atoms with E-state index >= 15 is 0 Å². The van der Waals surface area contributed by atoms with Crippen molar-refractivity contribution in [1.82, 2.24) is 5.32 Å². The number of nitrogens with one attached hydrogen (secondary N) is 1. The number of rotatable bonds is 5. The van der Waals surface area contributed by atoms with E-state index in [4.69, 9.17) is 22.1 Å². The Hall–Kier alpha value is -1.26. The van der Waals surface area contributed by atoms with Crippen LogP contribution in [0.25, 0.3) is 0 Å². The molecule has 3 N–H and O–H groups in total. The van der Waals surface area contributed by atoms with Crippen molar-refractivity contribution in [1.29, 1.82) is 0 Å². The molecule has 0 heterocycles. The number of carbonyl (C=O) groups excluding carboxylic acids is 1. The van der Waals surface area contributed by atoms with Gasteiger partial charge in [-0.1, -0.05) is 11.6 Å². The maximum atomic E-state index is 11.4. The SMILES string of the molecule is CNC(=O)C(C)Oc1ccc(Cl)cc1CC(C)N. The van der Waals surface area contributed by atoms with Gasteiger partial charge in [-0.2, -0.15) is 0 Å². The molecule has 0 aliphatic heterocycles. The minimum atomic E-state index is -0.553. The molecule has 2 atom stereocenters. The summed E-state index contributed by atoms with van der Waals surface area (Å²) in [5, 5.41) is 3.17. The van der Waals surface area contributed by atoms with Crippen LogP contribution in [-0.4, -0.2) is 25.1 Å². The van der Waals surface area contributed by atoms with Gasteiger partial charge in [0.15, 0.2) is 6.10 Å². The molecule has 5 heteroatoms. The second kappa shape index (κ2) is 6.61. The summed E-state index contributed by atoms with van der Waals surface area (Å²) in [7, 11) is 1.58. The maximum absolute atomic E-state index is 11.4. The van der Waals surface area contributed by atoms with Crippen molar-refractivity contribution in [2.24, 2.45) is 5.73 Å². The van der Waals surface area contributed by atoms with Crippen LogP contribution < -0.4 is 15.8 Å². The predicted molar refractivity (Wildman–Crippen MR) is 73.0 cm³/mol. The van der Waals surface area contributed by atoms with Crippen LogP contribution in [0.15, 0.2) is 18.2 Å². The van der Waals surface area contributed by atoms with Crippen molar-refractivity contribution in [3.8, 4) is 5.75 Å². The molecular formula is C13H19ClN2O2. The summed E-state index contributed by atoms with van der Waals surface area (Å²) in [4.78, 5) is 11.4. The molecule has 0 aromatic heterocycles. The molecule has 0 spiro atoms. The number of halogens is 1. The number of nitrogens with two attached hydrogens (primary N) is 1. The summed E-state index contributed by atoms with van der Waals surface area (Å²) in [5.74, 6) is 0.476. The zero-order chi connectivity index (χ0) is 13.7. The molecule has 1 aromatic carbocycles. The fourth-order valence-electron chi connectivity index (χ4n) is 1.62. The summed E-state index contributed by atoms with van der Waals surface area (Å²) in [6.07, 6.45) is 0.0964. The number of likely N-dealkylation sites (N-methyl/N-ethyl adjacent to an activating group) is 1. The molecule has 1 aromatic rings. The van der Waals surface area contributed by atoms with E-state index in [9.17, 15) is 4.79 Å². The summed E-state index contributed by atoms with van der Waals surface area (Å²) in [6, 6.07) is 5.31. The van der Waals surface area contributed by atoms with Crippen LogP contribution in [0.1, 0.15) is 19.4 Å². The Balaban J connectivity index is 2.90. The van der Waals surface area contributed by atoms with Gasteiger partial charge in [-0.25, -0.2) is 0 Å². The van der Waals surface area contributed by atoms with Crippen LogP contribution in [0.4, 0.5) is 0 Å². The van der Waals surface area contributed by atoms with Gasteiger partial charge in [0.1, 0.15) is 5.75 Å². The first-order valence-corrected chi connectivity index (χ1v) is 6.24. The molecule has 100 valence electrons. The monoisotopic (exact) mass is 270 g/mol. The minimum absolute atomic E-state index is 0.00104. The normalized spacial score (nSPS) is 13.8. The number of amides is 1. The van der Waals surface area contributed by atoms with Gasteiger partial charge in [0.2, 0.25) is 0 Å². The van der Waals surface area contributed by atoms with E-state index in [2.05, 4.69) is 5.32 Å². The summed E-state index contributed by atoms with van der Waals surface area (Å²) in [5.41, 5.74) is 6.69. The maximum Gasteiger partial charge on any atom is 0.260 e. The molecule has 2 unspecified atom stereocenters. The van der Waals surface area contributed by atoms with E-state index in [1.54, 1.807) is 26.1 Å². The first-order valence-electron chi connectivity index (χ1n) is 5.86. The summed E-state index contributed by atoms with van der Waals surface area (Å²) >= 11 is 5.95. The number of hydrogen-bond acceptors (Lipinski definition) is 3. The first kappa shape index (κ1) is 14.8. The molecule has 1 rings (SSSR count). The van der Waals surface area contributed by atoms with Crippen molar-refractivity contribution in [3.63, 3.8) is 0 Å². The van der Waals surface area contributed by atoms with Gasteiger partial charge in [0.05, 0.1) is 0 Å². The number of benzene rings is 1. The fraction of sp³-hybridized carbons (Fsp3) is 0.462. The molecule has 18 heavy (non-hydrogen) atoms. The summed E-state index contributed by atoms with van der Waals surface area (Å²) < 4.78 is 5.63. The molecule has 0 aliphatic rings. The molecule has 1 amide bonds. The van der Waals surface area contributed by atoms with E-state index in [0.29, 0.717) is 17.2 Å². The Kier molecular flexibility index (Phi) is 5.44. The first-order chi connectivity index (χ1) is 8.43. The highest BCUT2D eigenvalue weighted by Crippen LogP contribution is 2.25. The Morgan fingerprint density at radius 3 is 2.72 bits per heavy atom. The Morgan fingerprint density at radius 2 is 2.17 bits per heavy atom. The van der Waals surface area contributed by atoms with Gasteiger partial charge in [0.25, 0.3) is 5.91 Å². The van der Waals surface area contributed by atoms with Crippen molar-refractivity contribution >= 4 is 17.5 Å². The minimum Gasteiger partial charge on any atom is -0.481 e. The van der Waals surface area contributed by atoms with Gasteiger partial charge < -0.3 is 15.8 Å². The molecule has 0 saturated heterocycles. The topological polar surface area (TPSA) is 64.3 Å². The third-order valence-corrected chi connectivity index (χ3v) is 2.72. The lowest BCUT2D eigenvalue weighted by Gasteiger charge is -2.17. The van der Waals surface area contributed by atoms with E-state index in [1.807, 2.05) is 13.0 Å². The quantitative estimate of drug-likeness (QED) is 0.857. The molecule has 0 aliphatic carbocycles. The van der Waals surface area contributed by atoms with Crippen molar-refractivity contribution < 1.29 is 9.53 Å². The lowest BCUT2D eigenvalue weighted by Crippen LogP contribution is -2.34. The Labute approximate surface area is 112 Å². The highest BCUT2D eigenvalue weighted by molar-refractivity contribution is 6.30.